The standard InChI is InChI=1S/C18H22F3NO2/c1-22-13-4-3-5-14(22)9-12(8-13)17(23)11-6-7-16(24-2)15(10-11)18(19,20)21/h6-7,10,12-14H,3-5,8-9H2,1-2H3. The maximum Gasteiger partial charge on any atom is 0.419 e. The second-order valence-electron chi connectivity index (χ2n) is 6.85. The minimum absolute atomic E-state index is 0.135. The molecule has 2 bridgehead atoms. The highest BCUT2D eigenvalue weighted by Crippen LogP contribution is 2.40. The number of hydrogen-bond acceptors (Lipinski definition) is 3. The zero-order chi connectivity index (χ0) is 17.5. The number of carbonyl (C=O) groups is 1. The van der Waals surface area contributed by atoms with E-state index < -0.39 is 11.7 Å². The fourth-order valence-electron chi connectivity index (χ4n) is 4.15. The van der Waals surface area contributed by atoms with Crippen LogP contribution in [-0.4, -0.2) is 36.9 Å². The van der Waals surface area contributed by atoms with Crippen molar-refractivity contribution in [3.8, 4) is 5.75 Å². The molecule has 1 aromatic rings. The lowest BCUT2D eigenvalue weighted by atomic mass is 9.76. The van der Waals surface area contributed by atoms with Gasteiger partial charge in [0.2, 0.25) is 0 Å². The van der Waals surface area contributed by atoms with E-state index in [-0.39, 0.29) is 23.0 Å². The van der Waals surface area contributed by atoms with Gasteiger partial charge in [-0.15, -0.1) is 0 Å². The Hall–Kier alpha value is -1.56. The van der Waals surface area contributed by atoms with Crippen molar-refractivity contribution >= 4 is 5.78 Å². The first kappa shape index (κ1) is 17.3. The third-order valence-corrected chi connectivity index (χ3v) is 5.50. The van der Waals surface area contributed by atoms with Crippen molar-refractivity contribution in [1.29, 1.82) is 0 Å². The van der Waals surface area contributed by atoms with E-state index in [4.69, 9.17) is 4.74 Å². The van der Waals surface area contributed by atoms with Gasteiger partial charge in [0.05, 0.1) is 12.7 Å². The highest BCUT2D eigenvalue weighted by Gasteiger charge is 2.40. The Kier molecular flexibility index (Phi) is 4.60. The van der Waals surface area contributed by atoms with Gasteiger partial charge in [-0.1, -0.05) is 6.42 Å². The molecule has 0 spiro atoms. The van der Waals surface area contributed by atoms with Gasteiger partial charge in [0.25, 0.3) is 0 Å². The monoisotopic (exact) mass is 341 g/mol. The summed E-state index contributed by atoms with van der Waals surface area (Å²) in [5, 5.41) is 0. The molecule has 2 saturated heterocycles. The van der Waals surface area contributed by atoms with E-state index in [1.807, 2.05) is 0 Å². The van der Waals surface area contributed by atoms with E-state index >= 15 is 0 Å². The van der Waals surface area contributed by atoms with Crippen LogP contribution in [0.25, 0.3) is 0 Å². The number of nitrogens with zero attached hydrogens (tertiary/aromatic N) is 1. The van der Waals surface area contributed by atoms with Crippen LogP contribution in [0.4, 0.5) is 13.2 Å². The lowest BCUT2D eigenvalue weighted by molar-refractivity contribution is -0.138. The second-order valence-corrected chi connectivity index (χ2v) is 6.85. The van der Waals surface area contributed by atoms with Crippen LogP contribution in [0, 0.1) is 5.92 Å². The fourth-order valence-corrected chi connectivity index (χ4v) is 4.15. The Labute approximate surface area is 139 Å². The normalized spacial score (nSPS) is 27.8. The van der Waals surface area contributed by atoms with Gasteiger partial charge in [-0.05, 0) is 50.9 Å². The summed E-state index contributed by atoms with van der Waals surface area (Å²) >= 11 is 0. The van der Waals surface area contributed by atoms with Gasteiger partial charge in [0, 0.05) is 23.6 Å². The third kappa shape index (κ3) is 3.16. The second kappa shape index (κ2) is 6.39. The van der Waals surface area contributed by atoms with Crippen molar-refractivity contribution < 1.29 is 22.7 Å². The van der Waals surface area contributed by atoms with Gasteiger partial charge in [-0.3, -0.25) is 4.79 Å². The molecule has 2 heterocycles. The average Bonchev–Trinajstić information content (AvgIpc) is 2.52. The SMILES string of the molecule is COc1ccc(C(=O)C2CC3CCCC(C2)N3C)cc1C(F)(F)F. The molecule has 0 aliphatic carbocycles. The number of Topliss-reactive ketones (excluding diaryl/α,β-unsaturated/α-hetero) is 1. The summed E-state index contributed by atoms with van der Waals surface area (Å²) in [5.74, 6) is -0.613. The Morgan fingerprint density at radius 3 is 2.38 bits per heavy atom. The molecule has 0 aromatic heterocycles. The number of rotatable bonds is 3. The average molecular weight is 341 g/mol. The maximum absolute atomic E-state index is 13.2. The largest absolute Gasteiger partial charge is 0.496 e. The number of methoxy groups -OCH3 is 1. The summed E-state index contributed by atoms with van der Waals surface area (Å²) in [5.41, 5.74) is -0.750. The Bertz CT molecular complexity index is 615. The van der Waals surface area contributed by atoms with E-state index in [1.54, 1.807) is 0 Å². The molecule has 2 unspecified atom stereocenters. The van der Waals surface area contributed by atoms with Crippen molar-refractivity contribution in [3.05, 3.63) is 29.3 Å². The first-order valence-electron chi connectivity index (χ1n) is 8.32. The number of benzene rings is 1. The van der Waals surface area contributed by atoms with Crippen molar-refractivity contribution in [1.82, 2.24) is 4.90 Å². The van der Waals surface area contributed by atoms with Gasteiger partial charge in [0.15, 0.2) is 5.78 Å². The molecular weight excluding hydrogens is 319 g/mol. The molecule has 0 radical (unpaired) electrons. The minimum Gasteiger partial charge on any atom is -0.496 e. The van der Waals surface area contributed by atoms with Gasteiger partial charge >= 0.3 is 6.18 Å². The van der Waals surface area contributed by atoms with E-state index in [0.29, 0.717) is 12.1 Å². The molecular formula is C18H22F3NO2. The Balaban J connectivity index is 1.85. The van der Waals surface area contributed by atoms with E-state index in [0.717, 1.165) is 31.7 Å². The summed E-state index contributed by atoms with van der Waals surface area (Å²) in [6, 6.07) is 4.37. The molecule has 2 aliphatic heterocycles. The van der Waals surface area contributed by atoms with Gasteiger partial charge < -0.3 is 9.64 Å². The Morgan fingerprint density at radius 2 is 1.83 bits per heavy atom. The van der Waals surface area contributed by atoms with Crippen LogP contribution in [0.3, 0.4) is 0 Å². The number of hydrogen-bond donors (Lipinski definition) is 0. The minimum atomic E-state index is -4.54. The van der Waals surface area contributed by atoms with Crippen molar-refractivity contribution in [2.75, 3.05) is 14.2 Å². The first-order chi connectivity index (χ1) is 11.3. The molecule has 6 heteroatoms. The summed E-state index contributed by atoms with van der Waals surface area (Å²) < 4.78 is 44.3. The van der Waals surface area contributed by atoms with E-state index in [2.05, 4.69) is 11.9 Å². The van der Waals surface area contributed by atoms with Crippen molar-refractivity contribution in [3.63, 3.8) is 0 Å². The molecule has 2 atom stereocenters. The van der Waals surface area contributed by atoms with Crippen LogP contribution >= 0.6 is 0 Å². The highest BCUT2D eigenvalue weighted by atomic mass is 19.4. The van der Waals surface area contributed by atoms with Gasteiger partial charge in [-0.25, -0.2) is 0 Å². The maximum atomic E-state index is 13.2. The number of piperidine rings is 2. The molecule has 1 aromatic carbocycles. The molecule has 3 nitrogen and oxygen atoms in total. The summed E-state index contributed by atoms with van der Waals surface area (Å²) in [4.78, 5) is 15.1. The molecule has 0 saturated carbocycles. The first-order valence-corrected chi connectivity index (χ1v) is 8.32. The van der Waals surface area contributed by atoms with E-state index in [9.17, 15) is 18.0 Å². The topological polar surface area (TPSA) is 29.5 Å². The lowest BCUT2D eigenvalue weighted by Gasteiger charge is -2.46. The smallest absolute Gasteiger partial charge is 0.419 e. The quantitative estimate of drug-likeness (QED) is 0.773. The predicted molar refractivity (Wildman–Crippen MR) is 84.2 cm³/mol. The van der Waals surface area contributed by atoms with Crippen molar-refractivity contribution in [2.24, 2.45) is 5.92 Å². The lowest BCUT2D eigenvalue weighted by Crippen LogP contribution is -2.51. The number of carbonyl (C=O) groups excluding carboxylic acids is 1. The van der Waals surface area contributed by atoms with Crippen molar-refractivity contribution in [2.45, 2.75) is 50.4 Å². The third-order valence-electron chi connectivity index (χ3n) is 5.50. The number of halogens is 3. The van der Waals surface area contributed by atoms with Crippen LogP contribution in [0.5, 0.6) is 5.75 Å². The zero-order valence-corrected chi connectivity index (χ0v) is 13.9. The molecule has 132 valence electrons. The summed E-state index contributed by atoms with van der Waals surface area (Å²) in [6.07, 6.45) is 0.227. The number of ketones is 1. The predicted octanol–water partition coefficient (Wildman–Crippen LogP) is 4.16. The Morgan fingerprint density at radius 1 is 1.21 bits per heavy atom. The summed E-state index contributed by atoms with van der Waals surface area (Å²) in [7, 11) is 3.29. The van der Waals surface area contributed by atoms with Gasteiger partial charge in [-0.2, -0.15) is 13.2 Å². The number of fused-ring (bicyclic) bond motifs is 2. The zero-order valence-electron chi connectivity index (χ0n) is 13.9. The molecule has 3 rings (SSSR count). The van der Waals surface area contributed by atoms with Gasteiger partial charge in [0.1, 0.15) is 5.75 Å². The molecule has 0 amide bonds. The molecule has 24 heavy (non-hydrogen) atoms. The van der Waals surface area contributed by atoms with Crippen LogP contribution < -0.4 is 4.74 Å². The molecule has 2 fully saturated rings. The van der Waals surface area contributed by atoms with Crippen LogP contribution in [-0.2, 0) is 6.18 Å². The number of alkyl halides is 3. The van der Waals surface area contributed by atoms with Crippen LogP contribution in [0.1, 0.15) is 48.0 Å². The molecule has 2 aliphatic rings. The highest BCUT2D eigenvalue weighted by molar-refractivity contribution is 5.98. The van der Waals surface area contributed by atoms with Crippen LogP contribution in [0.2, 0.25) is 0 Å². The molecule has 0 N–H and O–H groups in total. The van der Waals surface area contributed by atoms with E-state index in [1.165, 1.54) is 25.7 Å². The van der Waals surface area contributed by atoms with Crippen LogP contribution in [0.15, 0.2) is 18.2 Å². The fraction of sp³-hybridized carbons (Fsp3) is 0.611. The number of ether oxygens (including phenoxy) is 1. The summed E-state index contributed by atoms with van der Waals surface area (Å²) in [6.45, 7) is 0.